The van der Waals surface area contributed by atoms with E-state index in [4.69, 9.17) is 11.6 Å². The van der Waals surface area contributed by atoms with Crippen LogP contribution in [0.25, 0.3) is 0 Å². The zero-order chi connectivity index (χ0) is 21.5. The third kappa shape index (κ3) is 3.53. The standard InChI is InChI=1S/C22H15BrClNO4S/c23-15-8-12-17(13-9-15)25-19(14-6-10-16(24)11-7-14)21(20(26)22(25)27)30(28,29)18-4-2-1-3-5-18/h1-13,19,26H. The molecule has 1 atom stereocenters. The van der Waals surface area contributed by atoms with Crippen molar-refractivity contribution in [1.29, 1.82) is 0 Å². The van der Waals surface area contributed by atoms with Crippen molar-refractivity contribution in [3.05, 3.63) is 105 Å². The lowest BCUT2D eigenvalue weighted by Crippen LogP contribution is -2.31. The van der Waals surface area contributed by atoms with Crippen LogP contribution < -0.4 is 4.90 Å². The van der Waals surface area contributed by atoms with Crippen LogP contribution in [0.1, 0.15) is 11.6 Å². The average Bonchev–Trinajstić information content (AvgIpc) is 3.01. The minimum atomic E-state index is -4.15. The number of amides is 1. The van der Waals surface area contributed by atoms with Crippen LogP contribution in [0.15, 0.2) is 98.9 Å². The predicted molar refractivity (Wildman–Crippen MR) is 119 cm³/mol. The van der Waals surface area contributed by atoms with Gasteiger partial charge in [0.2, 0.25) is 9.84 Å². The van der Waals surface area contributed by atoms with E-state index in [0.29, 0.717) is 16.3 Å². The quantitative estimate of drug-likeness (QED) is 0.514. The topological polar surface area (TPSA) is 74.7 Å². The molecule has 3 aromatic rings. The van der Waals surface area contributed by atoms with Crippen LogP contribution in [0.2, 0.25) is 5.02 Å². The second kappa shape index (κ2) is 7.91. The molecule has 0 spiro atoms. The van der Waals surface area contributed by atoms with Crippen molar-refractivity contribution >= 4 is 49.0 Å². The zero-order valence-corrected chi connectivity index (χ0v) is 18.5. The molecule has 8 heteroatoms. The number of rotatable bonds is 4. The van der Waals surface area contributed by atoms with Crippen molar-refractivity contribution in [1.82, 2.24) is 0 Å². The SMILES string of the molecule is O=C1C(O)=C(S(=O)(=O)c2ccccc2)C(c2ccc(Cl)cc2)N1c1ccc(Br)cc1. The van der Waals surface area contributed by atoms with Crippen molar-refractivity contribution in [2.75, 3.05) is 4.90 Å². The molecule has 0 saturated carbocycles. The summed E-state index contributed by atoms with van der Waals surface area (Å²) >= 11 is 9.35. The fourth-order valence-electron chi connectivity index (χ4n) is 3.40. The van der Waals surface area contributed by atoms with E-state index >= 15 is 0 Å². The molecule has 3 aromatic carbocycles. The van der Waals surface area contributed by atoms with Gasteiger partial charge in [-0.2, -0.15) is 0 Å². The summed E-state index contributed by atoms with van der Waals surface area (Å²) in [4.78, 5) is 14.0. The van der Waals surface area contributed by atoms with Gasteiger partial charge < -0.3 is 5.11 Å². The summed E-state index contributed by atoms with van der Waals surface area (Å²) in [5, 5.41) is 11.2. The Morgan fingerprint density at radius 1 is 0.900 bits per heavy atom. The minimum absolute atomic E-state index is 0.00373. The molecule has 1 heterocycles. The van der Waals surface area contributed by atoms with Gasteiger partial charge in [0, 0.05) is 15.2 Å². The van der Waals surface area contributed by atoms with Crippen molar-refractivity contribution in [3.63, 3.8) is 0 Å². The van der Waals surface area contributed by atoms with Gasteiger partial charge in [-0.3, -0.25) is 9.69 Å². The number of halogens is 2. The molecular formula is C22H15BrClNO4S. The number of benzene rings is 3. The first-order chi connectivity index (χ1) is 14.3. The third-order valence-electron chi connectivity index (χ3n) is 4.79. The van der Waals surface area contributed by atoms with Gasteiger partial charge in [0.15, 0.2) is 5.76 Å². The highest BCUT2D eigenvalue weighted by atomic mass is 79.9. The Labute approximate surface area is 187 Å². The number of aliphatic hydroxyl groups excluding tert-OH is 1. The van der Waals surface area contributed by atoms with Crippen LogP contribution in [0.3, 0.4) is 0 Å². The van der Waals surface area contributed by atoms with Crippen LogP contribution in [0.4, 0.5) is 5.69 Å². The largest absolute Gasteiger partial charge is 0.502 e. The van der Waals surface area contributed by atoms with Gasteiger partial charge in [0.1, 0.15) is 10.9 Å². The molecule has 0 saturated heterocycles. The number of hydrogen-bond acceptors (Lipinski definition) is 4. The van der Waals surface area contributed by atoms with Gasteiger partial charge in [-0.1, -0.05) is 57.9 Å². The molecule has 1 unspecified atom stereocenters. The van der Waals surface area contributed by atoms with E-state index in [1.54, 1.807) is 66.7 Å². The summed E-state index contributed by atoms with van der Waals surface area (Å²) in [7, 11) is -4.15. The zero-order valence-electron chi connectivity index (χ0n) is 15.4. The Morgan fingerprint density at radius 2 is 1.50 bits per heavy atom. The van der Waals surface area contributed by atoms with Gasteiger partial charge in [-0.05, 0) is 54.1 Å². The molecule has 0 aliphatic carbocycles. The number of aliphatic hydroxyl groups is 1. The first-order valence-corrected chi connectivity index (χ1v) is 11.5. The summed E-state index contributed by atoms with van der Waals surface area (Å²) in [6, 6.07) is 20.0. The summed E-state index contributed by atoms with van der Waals surface area (Å²) in [6.07, 6.45) is 0. The molecule has 4 rings (SSSR count). The van der Waals surface area contributed by atoms with Gasteiger partial charge in [-0.25, -0.2) is 8.42 Å². The molecule has 0 aromatic heterocycles. The van der Waals surface area contributed by atoms with E-state index < -0.39 is 27.5 Å². The second-order valence-corrected chi connectivity index (χ2v) is 9.91. The molecule has 1 N–H and O–H groups in total. The molecule has 152 valence electrons. The number of sulfone groups is 1. The molecule has 0 radical (unpaired) electrons. The first-order valence-electron chi connectivity index (χ1n) is 8.88. The maximum atomic E-state index is 13.4. The maximum absolute atomic E-state index is 13.4. The van der Waals surface area contributed by atoms with Crippen LogP contribution in [0.5, 0.6) is 0 Å². The normalized spacial score (nSPS) is 16.9. The van der Waals surface area contributed by atoms with E-state index in [1.807, 2.05) is 0 Å². The van der Waals surface area contributed by atoms with Gasteiger partial charge >= 0.3 is 0 Å². The monoisotopic (exact) mass is 503 g/mol. The van der Waals surface area contributed by atoms with Gasteiger partial charge in [0.25, 0.3) is 5.91 Å². The van der Waals surface area contributed by atoms with E-state index in [1.165, 1.54) is 17.0 Å². The van der Waals surface area contributed by atoms with Crippen molar-refractivity contribution in [2.45, 2.75) is 10.9 Å². The Bertz CT molecular complexity index is 1240. The van der Waals surface area contributed by atoms with Gasteiger partial charge in [0.05, 0.1) is 4.90 Å². The van der Waals surface area contributed by atoms with Gasteiger partial charge in [-0.15, -0.1) is 0 Å². The average molecular weight is 505 g/mol. The Hall–Kier alpha value is -2.61. The summed E-state index contributed by atoms with van der Waals surface area (Å²) in [6.45, 7) is 0. The maximum Gasteiger partial charge on any atom is 0.295 e. The predicted octanol–water partition coefficient (Wildman–Crippen LogP) is 5.43. The summed E-state index contributed by atoms with van der Waals surface area (Å²) < 4.78 is 27.7. The highest BCUT2D eigenvalue weighted by Crippen LogP contribution is 2.45. The number of carbonyl (C=O) groups is 1. The number of anilines is 1. The Balaban J connectivity index is 1.94. The second-order valence-electron chi connectivity index (χ2n) is 6.64. The van der Waals surface area contributed by atoms with Crippen LogP contribution in [0, 0.1) is 0 Å². The lowest BCUT2D eigenvalue weighted by Gasteiger charge is -2.27. The van der Waals surface area contributed by atoms with Crippen molar-refractivity contribution in [3.8, 4) is 0 Å². The number of nitrogens with zero attached hydrogens (tertiary/aromatic N) is 1. The summed E-state index contributed by atoms with van der Waals surface area (Å²) in [5.74, 6) is -1.58. The molecule has 1 aliphatic rings. The molecule has 5 nitrogen and oxygen atoms in total. The third-order valence-corrected chi connectivity index (χ3v) is 7.46. The van der Waals surface area contributed by atoms with Crippen molar-refractivity contribution in [2.24, 2.45) is 0 Å². The lowest BCUT2D eigenvalue weighted by molar-refractivity contribution is -0.117. The molecule has 0 bridgehead atoms. The lowest BCUT2D eigenvalue weighted by atomic mass is 10.1. The molecule has 1 aliphatic heterocycles. The van der Waals surface area contributed by atoms with Crippen LogP contribution >= 0.6 is 27.5 Å². The molecule has 0 fully saturated rings. The molecule has 30 heavy (non-hydrogen) atoms. The van der Waals surface area contributed by atoms with Crippen LogP contribution in [-0.4, -0.2) is 19.4 Å². The van der Waals surface area contributed by atoms with Crippen molar-refractivity contribution < 1.29 is 18.3 Å². The molecule has 1 amide bonds. The van der Waals surface area contributed by atoms with E-state index in [0.717, 1.165) is 4.47 Å². The van der Waals surface area contributed by atoms with E-state index in [-0.39, 0.29) is 9.80 Å². The Kier molecular flexibility index (Phi) is 5.44. The highest BCUT2D eigenvalue weighted by Gasteiger charge is 2.47. The fourth-order valence-corrected chi connectivity index (χ4v) is 5.43. The number of hydrogen-bond donors (Lipinski definition) is 1. The first kappa shape index (κ1) is 20.7. The Morgan fingerprint density at radius 3 is 2.10 bits per heavy atom. The summed E-state index contributed by atoms with van der Waals surface area (Å²) in [5.41, 5.74) is 0.960. The van der Waals surface area contributed by atoms with E-state index in [9.17, 15) is 18.3 Å². The fraction of sp³-hybridized carbons (Fsp3) is 0.0455. The molecular weight excluding hydrogens is 490 g/mol. The number of carbonyl (C=O) groups excluding carboxylic acids is 1. The highest BCUT2D eigenvalue weighted by molar-refractivity contribution is 9.10. The van der Waals surface area contributed by atoms with Crippen LogP contribution in [-0.2, 0) is 14.6 Å². The van der Waals surface area contributed by atoms with E-state index in [2.05, 4.69) is 15.9 Å². The smallest absolute Gasteiger partial charge is 0.295 e. The minimum Gasteiger partial charge on any atom is -0.502 e.